The minimum Gasteiger partial charge on any atom is -0.493 e. The van der Waals surface area contributed by atoms with E-state index in [2.05, 4.69) is 4.98 Å². The highest BCUT2D eigenvalue weighted by Gasteiger charge is 2.76. The molecule has 41 heavy (non-hydrogen) atoms. The van der Waals surface area contributed by atoms with Gasteiger partial charge in [0.05, 0.1) is 34.4 Å². The lowest BCUT2D eigenvalue weighted by atomic mass is 9.55. The van der Waals surface area contributed by atoms with Crippen molar-refractivity contribution in [2.45, 2.75) is 17.8 Å². The van der Waals surface area contributed by atoms with Crippen LogP contribution in [0.4, 0.5) is 0 Å². The molecule has 2 aromatic rings. The summed E-state index contributed by atoms with van der Waals surface area (Å²) in [6, 6.07) is 5.55. The van der Waals surface area contributed by atoms with E-state index >= 15 is 0 Å². The number of imidazole rings is 1. The Kier molecular flexibility index (Phi) is 7.91. The van der Waals surface area contributed by atoms with Crippen LogP contribution < -0.4 is 9.47 Å². The molecule has 1 heterocycles. The molecule has 6 atom stereocenters. The van der Waals surface area contributed by atoms with Gasteiger partial charge < -0.3 is 33.2 Å². The van der Waals surface area contributed by atoms with Crippen LogP contribution in [0.5, 0.6) is 11.5 Å². The third kappa shape index (κ3) is 4.32. The Hall–Kier alpha value is -3.74. The third-order valence-electron chi connectivity index (χ3n) is 8.51. The first-order chi connectivity index (χ1) is 19.8. The summed E-state index contributed by atoms with van der Waals surface area (Å²) in [6.07, 6.45) is 7.09. The predicted molar refractivity (Wildman–Crippen MR) is 148 cm³/mol. The summed E-state index contributed by atoms with van der Waals surface area (Å²) in [6.45, 7) is 0. The average molecular weight is 585 g/mol. The van der Waals surface area contributed by atoms with Crippen LogP contribution in [0.1, 0.15) is 11.5 Å². The van der Waals surface area contributed by atoms with Crippen molar-refractivity contribution in [1.82, 2.24) is 9.55 Å². The van der Waals surface area contributed by atoms with E-state index in [0.29, 0.717) is 11.5 Å². The standard InChI is InChI=1S/C29H32N2O9S/c1-34-17-9-7-15(13-18(17)35-2)20-23-21-16(8-10-19(32)36-3)25(22(21)24(20)27(33)37-4)29(38-5,39-6)26(23)40-28(41)31-12-11-30-14-31/h7-14,20,22-26H,1-6H3. The molecule has 3 aliphatic rings. The van der Waals surface area contributed by atoms with Gasteiger partial charge in [0.15, 0.2) is 17.6 Å². The van der Waals surface area contributed by atoms with Gasteiger partial charge in [-0.3, -0.25) is 9.36 Å². The molecule has 0 saturated heterocycles. The molecule has 4 bridgehead atoms. The predicted octanol–water partition coefficient (Wildman–Crippen LogP) is 2.90. The van der Waals surface area contributed by atoms with Gasteiger partial charge in [-0.05, 0) is 35.5 Å². The normalized spacial score (nSPS) is 27.3. The Morgan fingerprint density at radius 3 is 2.29 bits per heavy atom. The molecule has 0 radical (unpaired) electrons. The van der Waals surface area contributed by atoms with Crippen LogP contribution in [-0.4, -0.2) is 81.2 Å². The van der Waals surface area contributed by atoms with Crippen molar-refractivity contribution < 1.29 is 42.7 Å². The fourth-order valence-corrected chi connectivity index (χ4v) is 7.15. The van der Waals surface area contributed by atoms with Crippen molar-refractivity contribution >= 4 is 29.3 Å². The number of benzene rings is 1. The van der Waals surface area contributed by atoms with Crippen LogP contribution in [0.2, 0.25) is 0 Å². The number of carbonyl (C=O) groups excluding carboxylic acids is 2. The van der Waals surface area contributed by atoms with Crippen LogP contribution in [0.15, 0.2) is 60.2 Å². The van der Waals surface area contributed by atoms with Crippen LogP contribution in [-0.2, 0) is 33.3 Å². The van der Waals surface area contributed by atoms with Gasteiger partial charge in [0.1, 0.15) is 6.33 Å². The lowest BCUT2D eigenvalue weighted by molar-refractivity contribution is -0.304. The topological polar surface area (TPSA) is 117 Å². The molecule has 0 aliphatic heterocycles. The van der Waals surface area contributed by atoms with Crippen molar-refractivity contribution in [1.29, 1.82) is 0 Å². The zero-order chi connectivity index (χ0) is 29.5. The summed E-state index contributed by atoms with van der Waals surface area (Å²) >= 11 is 5.65. The second-order valence-electron chi connectivity index (χ2n) is 9.89. The Morgan fingerprint density at radius 2 is 1.71 bits per heavy atom. The minimum atomic E-state index is -1.37. The van der Waals surface area contributed by atoms with E-state index in [1.54, 1.807) is 43.3 Å². The van der Waals surface area contributed by atoms with Crippen LogP contribution in [0, 0.1) is 23.7 Å². The van der Waals surface area contributed by atoms with Crippen molar-refractivity contribution in [3.05, 3.63) is 65.8 Å². The third-order valence-corrected chi connectivity index (χ3v) is 8.82. The maximum Gasteiger partial charge on any atom is 0.330 e. The Morgan fingerprint density at radius 1 is 0.976 bits per heavy atom. The molecule has 3 aliphatic carbocycles. The number of thiocarbonyl (C=S) groups is 1. The van der Waals surface area contributed by atoms with Gasteiger partial charge in [-0.15, -0.1) is 0 Å². The lowest BCUT2D eigenvalue weighted by Crippen LogP contribution is -2.66. The first-order valence-electron chi connectivity index (χ1n) is 12.9. The highest BCUT2D eigenvalue weighted by atomic mass is 32.1. The smallest absolute Gasteiger partial charge is 0.330 e. The number of allylic oxidation sites excluding steroid dienone is 1. The van der Waals surface area contributed by atoms with Gasteiger partial charge in [-0.2, -0.15) is 0 Å². The summed E-state index contributed by atoms with van der Waals surface area (Å²) in [5.41, 5.74) is 2.58. The summed E-state index contributed by atoms with van der Waals surface area (Å²) in [5, 5.41) is 0.142. The molecular formula is C29H32N2O9S. The number of methoxy groups -OCH3 is 6. The van der Waals surface area contributed by atoms with Crippen LogP contribution in [0.25, 0.3) is 0 Å². The number of hydrogen-bond acceptors (Lipinski definition) is 11. The van der Waals surface area contributed by atoms with Crippen LogP contribution >= 0.6 is 12.2 Å². The number of hydrogen-bond donors (Lipinski definition) is 0. The minimum absolute atomic E-state index is 0.142. The fraction of sp³-hybridized carbons (Fsp3) is 0.448. The largest absolute Gasteiger partial charge is 0.493 e. The van der Waals surface area contributed by atoms with Crippen molar-refractivity contribution in [3.8, 4) is 11.5 Å². The molecule has 12 heteroatoms. The second-order valence-corrected chi connectivity index (χ2v) is 10.2. The van der Waals surface area contributed by atoms with E-state index in [0.717, 1.165) is 16.7 Å². The van der Waals surface area contributed by atoms with Gasteiger partial charge in [-0.1, -0.05) is 17.7 Å². The maximum absolute atomic E-state index is 13.6. The molecule has 0 N–H and O–H groups in total. The molecule has 6 unspecified atom stereocenters. The number of carbonyl (C=O) groups is 2. The van der Waals surface area contributed by atoms with Gasteiger partial charge in [0.2, 0.25) is 5.79 Å². The second kappa shape index (κ2) is 11.3. The summed E-state index contributed by atoms with van der Waals surface area (Å²) in [4.78, 5) is 29.7. The van der Waals surface area contributed by atoms with E-state index in [-0.39, 0.29) is 17.1 Å². The molecule has 0 spiro atoms. The quantitative estimate of drug-likeness (QED) is 0.187. The lowest BCUT2D eigenvalue weighted by Gasteiger charge is -2.58. The first kappa shape index (κ1) is 28.8. The molecule has 1 aromatic carbocycles. The molecule has 0 amide bonds. The number of nitrogens with zero attached hydrogens (tertiary/aromatic N) is 2. The van der Waals surface area contributed by atoms with Gasteiger partial charge >= 0.3 is 11.9 Å². The summed E-state index contributed by atoms with van der Waals surface area (Å²) < 4.78 is 41.7. The Labute approximate surface area is 243 Å². The SMILES string of the molecule is COC(=O)C=CC1=C2C3C(c4ccc(OC)c(OC)c4)C(C(=O)OC)C2C1C(OC)(OC)C3OC(=S)n1ccnc1. The van der Waals surface area contributed by atoms with Crippen molar-refractivity contribution in [2.75, 3.05) is 42.7 Å². The molecule has 2 fully saturated rings. The molecule has 2 saturated carbocycles. The zero-order valence-corrected chi connectivity index (χ0v) is 24.4. The molecular weight excluding hydrogens is 552 g/mol. The summed E-state index contributed by atoms with van der Waals surface area (Å²) in [7, 11) is 8.86. The summed E-state index contributed by atoms with van der Waals surface area (Å²) in [5.74, 6) is -3.53. The van der Waals surface area contributed by atoms with E-state index in [9.17, 15) is 9.59 Å². The number of esters is 2. The average Bonchev–Trinajstić information content (AvgIpc) is 3.62. The zero-order valence-electron chi connectivity index (χ0n) is 23.6. The van der Waals surface area contributed by atoms with E-state index in [1.807, 2.05) is 12.1 Å². The number of rotatable bonds is 9. The Bertz CT molecular complexity index is 1400. The van der Waals surface area contributed by atoms with E-state index in [4.69, 9.17) is 45.4 Å². The van der Waals surface area contributed by atoms with Gasteiger partial charge in [0.25, 0.3) is 5.17 Å². The number of ether oxygens (including phenoxy) is 7. The van der Waals surface area contributed by atoms with Crippen LogP contribution in [0.3, 0.4) is 0 Å². The van der Waals surface area contributed by atoms with Crippen molar-refractivity contribution in [3.63, 3.8) is 0 Å². The maximum atomic E-state index is 13.6. The highest BCUT2D eigenvalue weighted by Crippen LogP contribution is 2.72. The monoisotopic (exact) mass is 584 g/mol. The molecule has 11 nitrogen and oxygen atoms in total. The molecule has 218 valence electrons. The van der Waals surface area contributed by atoms with E-state index < -0.39 is 41.5 Å². The van der Waals surface area contributed by atoms with Crippen molar-refractivity contribution in [2.24, 2.45) is 23.7 Å². The van der Waals surface area contributed by atoms with E-state index in [1.165, 1.54) is 40.8 Å². The fourth-order valence-electron chi connectivity index (χ4n) is 6.94. The molecule has 1 aromatic heterocycles. The number of aromatic nitrogens is 2. The highest BCUT2D eigenvalue weighted by molar-refractivity contribution is 7.80. The van der Waals surface area contributed by atoms with Gasteiger partial charge in [0, 0.05) is 56.4 Å². The van der Waals surface area contributed by atoms with Gasteiger partial charge in [-0.25, -0.2) is 9.78 Å². The molecule has 5 rings (SSSR count). The Balaban J connectivity index is 1.74. The first-order valence-corrected chi connectivity index (χ1v) is 13.3.